The molecule has 94 valence electrons. The highest BCUT2D eigenvalue weighted by Crippen LogP contribution is 2.26. The molecule has 1 unspecified atom stereocenters. The molecule has 2 aromatic heterocycles. The molecule has 7 heteroatoms. The van der Waals surface area contributed by atoms with Gasteiger partial charge in [-0.05, 0) is 28.9 Å². The first kappa shape index (κ1) is 12.8. The van der Waals surface area contributed by atoms with Gasteiger partial charge >= 0.3 is 0 Å². The van der Waals surface area contributed by atoms with Crippen LogP contribution >= 0.6 is 15.9 Å². The molecule has 0 aromatic carbocycles. The van der Waals surface area contributed by atoms with E-state index in [0.29, 0.717) is 17.9 Å². The van der Waals surface area contributed by atoms with Gasteiger partial charge in [0.1, 0.15) is 16.6 Å². The molecule has 0 amide bonds. The molecular weight excluding hydrogens is 298 g/mol. The molecule has 2 heterocycles. The number of rotatable bonds is 3. The van der Waals surface area contributed by atoms with Gasteiger partial charge in [-0.3, -0.25) is 4.68 Å². The Morgan fingerprint density at radius 2 is 2.33 bits per heavy atom. The summed E-state index contributed by atoms with van der Waals surface area (Å²) >= 11 is 3.35. The number of nitrogens with zero attached hydrogens (tertiary/aromatic N) is 4. The lowest BCUT2D eigenvalue weighted by atomic mass is 10.1. The van der Waals surface area contributed by atoms with E-state index in [0.717, 1.165) is 9.99 Å². The highest BCUT2D eigenvalue weighted by atomic mass is 79.9. The lowest BCUT2D eigenvalue weighted by Crippen LogP contribution is -2.39. The van der Waals surface area contributed by atoms with Crippen molar-refractivity contribution in [3.63, 3.8) is 0 Å². The van der Waals surface area contributed by atoms with Gasteiger partial charge in [-0.25, -0.2) is 4.98 Å². The smallest absolute Gasteiger partial charge is 0.228 e. The van der Waals surface area contributed by atoms with Crippen molar-refractivity contribution < 1.29 is 4.74 Å². The third-order valence-electron chi connectivity index (χ3n) is 2.40. The number of pyridine rings is 1. The normalized spacial score (nSPS) is 14.2. The maximum absolute atomic E-state index is 8.90. The molecule has 0 bridgehead atoms. The molecule has 0 spiro atoms. The number of methoxy groups -OCH3 is 1. The maximum atomic E-state index is 8.90. The summed E-state index contributed by atoms with van der Waals surface area (Å²) in [5, 5.41) is 13.2. The van der Waals surface area contributed by atoms with Crippen LogP contribution in [0.4, 0.5) is 0 Å². The number of hydrogen-bond acceptors (Lipinski definition) is 5. The Bertz CT molecular complexity index is 628. The van der Waals surface area contributed by atoms with Gasteiger partial charge in [0.2, 0.25) is 5.88 Å². The van der Waals surface area contributed by atoms with Crippen LogP contribution in [0, 0.1) is 11.3 Å². The molecule has 0 saturated carbocycles. The molecule has 0 fully saturated rings. The topological polar surface area (TPSA) is 89.8 Å². The third-order valence-corrected chi connectivity index (χ3v) is 2.97. The van der Waals surface area contributed by atoms with Gasteiger partial charge in [-0.2, -0.15) is 10.4 Å². The number of hydrogen-bond donors (Lipinski definition) is 1. The molecule has 18 heavy (non-hydrogen) atoms. The average molecular weight is 310 g/mol. The Labute approximate surface area is 112 Å². The van der Waals surface area contributed by atoms with E-state index in [2.05, 4.69) is 26.0 Å². The average Bonchev–Trinajstić information content (AvgIpc) is 2.68. The van der Waals surface area contributed by atoms with Crippen LogP contribution in [0.15, 0.2) is 16.7 Å². The predicted octanol–water partition coefficient (Wildman–Crippen LogP) is 1.44. The summed E-state index contributed by atoms with van der Waals surface area (Å²) in [4.78, 5) is 4.29. The second-order valence-corrected chi connectivity index (χ2v) is 5.09. The lowest BCUT2D eigenvalue weighted by molar-refractivity contribution is 0.397. The zero-order valence-electron chi connectivity index (χ0n) is 10.0. The van der Waals surface area contributed by atoms with Crippen LogP contribution in [0.1, 0.15) is 6.92 Å². The Balaban J connectivity index is 2.42. The summed E-state index contributed by atoms with van der Waals surface area (Å²) in [6, 6.07) is 3.85. The monoisotopic (exact) mass is 309 g/mol. The van der Waals surface area contributed by atoms with Gasteiger partial charge in [0.05, 0.1) is 30.4 Å². The van der Waals surface area contributed by atoms with Crippen molar-refractivity contribution in [2.75, 3.05) is 7.11 Å². The van der Waals surface area contributed by atoms with Gasteiger partial charge in [-0.1, -0.05) is 0 Å². The van der Waals surface area contributed by atoms with E-state index in [1.807, 2.05) is 12.1 Å². The van der Waals surface area contributed by atoms with Crippen molar-refractivity contribution in [2.24, 2.45) is 5.73 Å². The Morgan fingerprint density at radius 1 is 1.61 bits per heavy atom. The summed E-state index contributed by atoms with van der Waals surface area (Å²) in [5.41, 5.74) is 6.24. The zero-order valence-corrected chi connectivity index (χ0v) is 11.6. The molecule has 2 rings (SSSR count). The standard InChI is InChI=1S/C11H12BrN5O/c1-11(14,5-13)6-17-4-9-8(16-17)3-7(12)10(15-9)18-2/h3-4H,6,14H2,1-2H3. The predicted molar refractivity (Wildman–Crippen MR) is 70.0 cm³/mol. The van der Waals surface area contributed by atoms with Gasteiger partial charge in [-0.15, -0.1) is 0 Å². The largest absolute Gasteiger partial charge is 0.480 e. The molecule has 0 aliphatic carbocycles. The zero-order chi connectivity index (χ0) is 13.3. The number of ether oxygens (including phenoxy) is 1. The van der Waals surface area contributed by atoms with Crippen molar-refractivity contribution in [1.29, 1.82) is 5.26 Å². The van der Waals surface area contributed by atoms with E-state index in [9.17, 15) is 0 Å². The van der Waals surface area contributed by atoms with E-state index < -0.39 is 5.54 Å². The molecular formula is C11H12BrN5O. The van der Waals surface area contributed by atoms with Crippen molar-refractivity contribution in [3.8, 4) is 11.9 Å². The Hall–Kier alpha value is -1.65. The third kappa shape index (κ3) is 2.44. The summed E-state index contributed by atoms with van der Waals surface area (Å²) in [7, 11) is 1.55. The fourth-order valence-corrected chi connectivity index (χ4v) is 2.02. The fraction of sp³-hybridized carbons (Fsp3) is 0.364. The van der Waals surface area contributed by atoms with Crippen molar-refractivity contribution >= 4 is 27.0 Å². The first-order chi connectivity index (χ1) is 8.45. The first-order valence-electron chi connectivity index (χ1n) is 5.23. The second kappa shape index (κ2) is 4.55. The van der Waals surface area contributed by atoms with Gasteiger partial charge in [0, 0.05) is 0 Å². The molecule has 2 N–H and O–H groups in total. The van der Waals surface area contributed by atoms with E-state index >= 15 is 0 Å². The molecule has 0 aliphatic heterocycles. The number of nitrogens with two attached hydrogens (primary N) is 1. The summed E-state index contributed by atoms with van der Waals surface area (Å²) in [6.07, 6.45) is 1.74. The molecule has 6 nitrogen and oxygen atoms in total. The summed E-state index contributed by atoms with van der Waals surface area (Å²) < 4.78 is 7.46. The lowest BCUT2D eigenvalue weighted by Gasteiger charge is -2.14. The van der Waals surface area contributed by atoms with Crippen LogP contribution in [-0.4, -0.2) is 27.4 Å². The van der Waals surface area contributed by atoms with Crippen LogP contribution in [0.25, 0.3) is 11.0 Å². The quantitative estimate of drug-likeness (QED) is 0.926. The van der Waals surface area contributed by atoms with Gasteiger partial charge in [0.15, 0.2) is 0 Å². The second-order valence-electron chi connectivity index (χ2n) is 4.24. The number of nitriles is 1. The molecule has 2 aromatic rings. The number of halogens is 1. The van der Waals surface area contributed by atoms with Gasteiger partial charge in [0.25, 0.3) is 0 Å². The van der Waals surface area contributed by atoms with Crippen LogP contribution in [0.5, 0.6) is 5.88 Å². The minimum atomic E-state index is -0.955. The van der Waals surface area contributed by atoms with Crippen LogP contribution < -0.4 is 10.5 Å². The number of fused-ring (bicyclic) bond motifs is 1. The first-order valence-corrected chi connectivity index (χ1v) is 6.02. The van der Waals surface area contributed by atoms with Crippen LogP contribution in [0.2, 0.25) is 0 Å². The summed E-state index contributed by atoms with van der Waals surface area (Å²) in [5.74, 6) is 0.498. The van der Waals surface area contributed by atoms with Crippen molar-refractivity contribution in [2.45, 2.75) is 19.0 Å². The minimum Gasteiger partial charge on any atom is -0.480 e. The highest BCUT2D eigenvalue weighted by molar-refractivity contribution is 9.10. The van der Waals surface area contributed by atoms with E-state index in [1.165, 1.54) is 0 Å². The minimum absolute atomic E-state index is 0.305. The highest BCUT2D eigenvalue weighted by Gasteiger charge is 2.19. The number of aromatic nitrogens is 3. The Kier molecular flexibility index (Phi) is 3.24. The van der Waals surface area contributed by atoms with E-state index in [-0.39, 0.29) is 0 Å². The summed E-state index contributed by atoms with van der Waals surface area (Å²) in [6.45, 7) is 1.96. The van der Waals surface area contributed by atoms with Crippen molar-refractivity contribution in [3.05, 3.63) is 16.7 Å². The molecule has 1 atom stereocenters. The SMILES string of the molecule is COc1nc2cn(CC(C)(N)C#N)nc2cc1Br. The van der Waals surface area contributed by atoms with Crippen molar-refractivity contribution in [1.82, 2.24) is 14.8 Å². The maximum Gasteiger partial charge on any atom is 0.228 e. The molecule has 0 saturated heterocycles. The fourth-order valence-electron chi connectivity index (χ4n) is 1.56. The molecule has 0 radical (unpaired) electrons. The molecule has 0 aliphatic rings. The Morgan fingerprint density at radius 3 is 2.94 bits per heavy atom. The van der Waals surface area contributed by atoms with Crippen LogP contribution in [0.3, 0.4) is 0 Å². The van der Waals surface area contributed by atoms with E-state index in [1.54, 1.807) is 24.9 Å². The van der Waals surface area contributed by atoms with Crippen LogP contribution in [-0.2, 0) is 6.54 Å². The van der Waals surface area contributed by atoms with Gasteiger partial charge < -0.3 is 10.5 Å². The van der Waals surface area contributed by atoms with E-state index in [4.69, 9.17) is 15.7 Å².